The monoisotopic (exact) mass is 598 g/mol. The normalized spacial score (nSPS) is 17.6. The Kier molecular flexibility index (Phi) is 10.8. The van der Waals surface area contributed by atoms with Crippen LogP contribution in [0.5, 0.6) is 0 Å². The molecule has 0 saturated carbocycles. The van der Waals surface area contributed by atoms with Crippen molar-refractivity contribution < 1.29 is 45.8 Å². The lowest BCUT2D eigenvalue weighted by atomic mass is 9.84. The maximum atomic E-state index is 12.8. The molecule has 0 aliphatic carbocycles. The second kappa shape index (κ2) is 12.9. The van der Waals surface area contributed by atoms with Crippen LogP contribution in [0.3, 0.4) is 0 Å². The van der Waals surface area contributed by atoms with Crippen LogP contribution in [0.25, 0.3) is 0 Å². The van der Waals surface area contributed by atoms with Gasteiger partial charge in [0.15, 0.2) is 0 Å². The number of carbonyl (C=O) groups is 2. The van der Waals surface area contributed by atoms with E-state index in [0.717, 1.165) is 23.3 Å². The van der Waals surface area contributed by atoms with Gasteiger partial charge in [-0.15, -0.1) is 0 Å². The Bertz CT molecular complexity index is 1100. The highest BCUT2D eigenvalue weighted by Gasteiger charge is 2.60. The quantitative estimate of drug-likeness (QED) is 0.302. The molecule has 13 heteroatoms. The van der Waals surface area contributed by atoms with Gasteiger partial charge in [-0.2, -0.15) is 26.3 Å². The summed E-state index contributed by atoms with van der Waals surface area (Å²) in [6.07, 6.45) is -15.2. The van der Waals surface area contributed by atoms with E-state index in [1.165, 1.54) is 13.8 Å². The molecule has 2 aliphatic heterocycles. The number of carboxylic acid groups (broad SMARTS) is 1. The predicted molar refractivity (Wildman–Crippen MR) is 137 cm³/mol. The van der Waals surface area contributed by atoms with E-state index < -0.39 is 41.5 Å². The smallest absolute Gasteiger partial charge is 0.434 e. The van der Waals surface area contributed by atoms with Gasteiger partial charge in [0.2, 0.25) is 0 Å². The minimum absolute atomic E-state index is 0.0627. The highest BCUT2D eigenvalue weighted by molar-refractivity contribution is 6.31. The van der Waals surface area contributed by atoms with Crippen molar-refractivity contribution in [2.45, 2.75) is 83.9 Å². The number of hydrogen-bond acceptors (Lipinski definition) is 4. The first-order valence-electron chi connectivity index (χ1n) is 12.8. The Morgan fingerprint density at radius 2 is 1.62 bits per heavy atom. The summed E-state index contributed by atoms with van der Waals surface area (Å²) in [4.78, 5) is 26.6. The lowest BCUT2D eigenvalue weighted by Gasteiger charge is -2.45. The Morgan fingerprint density at radius 3 is 2.15 bits per heavy atom. The van der Waals surface area contributed by atoms with Crippen LogP contribution in [-0.2, 0) is 16.1 Å². The molecule has 2 fully saturated rings. The van der Waals surface area contributed by atoms with E-state index in [-0.39, 0.29) is 13.1 Å². The zero-order valence-corrected chi connectivity index (χ0v) is 23.4. The first kappa shape index (κ1) is 33.6. The average Bonchev–Trinajstić information content (AvgIpc) is 3.23. The molecule has 40 heavy (non-hydrogen) atoms. The van der Waals surface area contributed by atoms with Crippen LogP contribution in [-0.4, -0.2) is 70.6 Å². The van der Waals surface area contributed by atoms with Crippen molar-refractivity contribution in [1.82, 2.24) is 9.80 Å². The topological polar surface area (TPSA) is 70.1 Å². The van der Waals surface area contributed by atoms with Crippen LogP contribution in [0.15, 0.2) is 18.2 Å². The highest BCUT2D eigenvalue weighted by Crippen LogP contribution is 2.41. The Hall–Kier alpha value is -2.65. The molecule has 1 spiro atoms. The molecular formula is C27H33ClF6N2O4. The number of carbonyl (C=O) groups excluding carboxylic acids is 1. The average molecular weight is 599 g/mol. The van der Waals surface area contributed by atoms with Crippen molar-refractivity contribution in [1.29, 1.82) is 0 Å². The van der Waals surface area contributed by atoms with Crippen LogP contribution < -0.4 is 0 Å². The number of benzene rings is 1. The number of halogens is 7. The number of rotatable bonds is 4. The molecule has 2 saturated heterocycles. The van der Waals surface area contributed by atoms with Crippen molar-refractivity contribution in [2.75, 3.05) is 19.6 Å². The second-order valence-corrected chi connectivity index (χ2v) is 10.4. The molecule has 0 atom stereocenters. The zero-order valence-electron chi connectivity index (χ0n) is 22.7. The number of ether oxygens (including phenoxy) is 1. The zero-order chi connectivity index (χ0) is 30.5. The molecule has 1 aromatic carbocycles. The third-order valence-corrected chi connectivity index (χ3v) is 7.32. The molecule has 0 radical (unpaired) electrons. The van der Waals surface area contributed by atoms with Crippen LogP contribution in [0.1, 0.15) is 64.5 Å². The maximum absolute atomic E-state index is 12.8. The van der Waals surface area contributed by atoms with Crippen LogP contribution in [0.2, 0.25) is 5.02 Å². The molecule has 1 amide bonds. The Labute approximate surface area is 234 Å². The highest BCUT2D eigenvalue weighted by atomic mass is 35.5. The molecule has 3 rings (SSSR count). The number of amides is 1. The first-order valence-corrected chi connectivity index (χ1v) is 13.2. The maximum Gasteiger partial charge on any atom is 0.434 e. The number of carboxylic acids is 1. The molecule has 0 unspecified atom stereocenters. The summed E-state index contributed by atoms with van der Waals surface area (Å²) in [6, 6.07) is 5.20. The summed E-state index contributed by atoms with van der Waals surface area (Å²) in [5.74, 6) is 4.54. The minimum atomic E-state index is -5.77. The van der Waals surface area contributed by atoms with Crippen molar-refractivity contribution in [3.05, 3.63) is 34.3 Å². The number of aliphatic carboxylic acids is 1. The molecule has 2 heterocycles. The van der Waals surface area contributed by atoms with Gasteiger partial charge < -0.3 is 14.7 Å². The fraction of sp³-hybridized carbons (Fsp3) is 0.630. The number of hydrogen-bond donors (Lipinski definition) is 1. The first-order chi connectivity index (χ1) is 18.5. The van der Waals surface area contributed by atoms with E-state index in [1.54, 1.807) is 12.1 Å². The van der Waals surface area contributed by atoms with E-state index in [4.69, 9.17) is 11.6 Å². The van der Waals surface area contributed by atoms with Gasteiger partial charge in [0.25, 0.3) is 6.10 Å². The van der Waals surface area contributed by atoms with Gasteiger partial charge in [-0.1, -0.05) is 49.4 Å². The van der Waals surface area contributed by atoms with Gasteiger partial charge in [-0.3, -0.25) is 9.69 Å². The van der Waals surface area contributed by atoms with Gasteiger partial charge in [-0.25, -0.2) is 4.79 Å². The number of likely N-dealkylation sites (tertiary alicyclic amines) is 2. The number of alkyl halides is 6. The van der Waals surface area contributed by atoms with Crippen molar-refractivity contribution >= 4 is 23.7 Å². The molecule has 1 aromatic rings. The molecule has 1 N–H and O–H groups in total. The summed E-state index contributed by atoms with van der Waals surface area (Å²) in [7, 11) is 0. The van der Waals surface area contributed by atoms with Crippen LogP contribution >= 0.6 is 11.6 Å². The van der Waals surface area contributed by atoms with E-state index in [0.29, 0.717) is 36.5 Å². The minimum Gasteiger partial charge on any atom is -0.480 e. The SMILES string of the molecule is CC.CC(C)(C#Cc1c(Cl)cccc1CN1CCCC12CCN(C(=O)OC(C(F)(F)F)C(F)(F)F)CC2)C(=O)O. The summed E-state index contributed by atoms with van der Waals surface area (Å²) >= 11 is 6.37. The third kappa shape index (κ3) is 7.97. The van der Waals surface area contributed by atoms with Gasteiger partial charge in [-0.05, 0) is 57.7 Å². The molecular weight excluding hydrogens is 566 g/mol. The second-order valence-electron chi connectivity index (χ2n) is 10.0. The summed E-state index contributed by atoms with van der Waals surface area (Å²) < 4.78 is 80.6. The molecule has 2 aliphatic rings. The van der Waals surface area contributed by atoms with Gasteiger partial charge in [0, 0.05) is 30.7 Å². The summed E-state index contributed by atoms with van der Waals surface area (Å²) in [5.41, 5.74) is -0.480. The van der Waals surface area contributed by atoms with Gasteiger partial charge in [0.1, 0.15) is 5.41 Å². The lowest BCUT2D eigenvalue weighted by Crippen LogP contribution is -2.54. The lowest BCUT2D eigenvalue weighted by molar-refractivity contribution is -0.308. The van der Waals surface area contributed by atoms with Crippen molar-refractivity contribution in [3.63, 3.8) is 0 Å². The standard InChI is InChI=1S/C25H27ClF6N2O4.C2H6/c1-22(2,20(35)36)9-7-17-16(5-3-6-18(17)26)15-34-12-4-8-23(34)10-13-33(14-11-23)21(37)38-19(24(27,28)29)25(30,31)32;1-2/h3,5-6,19H,4,8,10-15H2,1-2H3,(H,35,36);1-2H3. The molecule has 6 nitrogen and oxygen atoms in total. The van der Waals surface area contributed by atoms with Gasteiger partial charge >= 0.3 is 24.4 Å². The third-order valence-electron chi connectivity index (χ3n) is 7.00. The number of piperidine rings is 1. The van der Waals surface area contributed by atoms with E-state index in [1.807, 2.05) is 19.9 Å². The summed E-state index contributed by atoms with van der Waals surface area (Å²) in [5, 5.41) is 9.70. The Morgan fingerprint density at radius 1 is 1.05 bits per heavy atom. The van der Waals surface area contributed by atoms with E-state index >= 15 is 0 Å². The Balaban J connectivity index is 0.00000274. The molecule has 0 aromatic heterocycles. The predicted octanol–water partition coefficient (Wildman–Crippen LogP) is 6.89. The van der Waals surface area contributed by atoms with Gasteiger partial charge in [0.05, 0.1) is 5.02 Å². The fourth-order valence-electron chi connectivity index (χ4n) is 4.73. The van der Waals surface area contributed by atoms with E-state index in [2.05, 4.69) is 21.5 Å². The molecule has 224 valence electrons. The molecule has 0 bridgehead atoms. The van der Waals surface area contributed by atoms with Crippen LogP contribution in [0, 0.1) is 17.3 Å². The van der Waals surface area contributed by atoms with Crippen molar-refractivity contribution in [2.24, 2.45) is 5.41 Å². The largest absolute Gasteiger partial charge is 0.480 e. The van der Waals surface area contributed by atoms with E-state index in [9.17, 15) is 41.0 Å². The van der Waals surface area contributed by atoms with Crippen LogP contribution in [0.4, 0.5) is 31.1 Å². The van der Waals surface area contributed by atoms with Crippen molar-refractivity contribution in [3.8, 4) is 11.8 Å². The number of nitrogens with zero attached hydrogens (tertiary/aromatic N) is 2. The summed E-state index contributed by atoms with van der Waals surface area (Å²) in [6.45, 7) is 7.89. The fourth-order valence-corrected chi connectivity index (χ4v) is 4.97.